The fourth-order valence-corrected chi connectivity index (χ4v) is 5.68. The van der Waals surface area contributed by atoms with Crippen molar-refractivity contribution >= 4 is 16.7 Å². The SMILES string of the molecule is [2H]C([2H])([C@H]1COCCO1)N1C[C@H]2CC(Nc3ccc(-c4ccc5nn(C)cc5c4C)nn3)C[C@H]2C1. The molecular weight excluding hydrogens is 416 g/mol. The van der Waals surface area contributed by atoms with Gasteiger partial charge in [0.2, 0.25) is 0 Å². The maximum Gasteiger partial charge on any atom is 0.148 e. The molecule has 4 heterocycles. The number of benzene rings is 1. The van der Waals surface area contributed by atoms with Crippen LogP contribution in [0.25, 0.3) is 22.2 Å². The Bertz CT molecular complexity index is 1200. The average Bonchev–Trinajstić information content (AvgIpc) is 3.54. The largest absolute Gasteiger partial charge is 0.376 e. The maximum atomic E-state index is 8.63. The summed E-state index contributed by atoms with van der Waals surface area (Å²) in [5.41, 5.74) is 4.07. The van der Waals surface area contributed by atoms with E-state index in [-0.39, 0.29) is 0 Å². The molecular formula is C25H32N6O2. The average molecular weight is 451 g/mol. The van der Waals surface area contributed by atoms with E-state index in [0.717, 1.165) is 59.5 Å². The van der Waals surface area contributed by atoms with Gasteiger partial charge in [0.1, 0.15) is 5.82 Å². The van der Waals surface area contributed by atoms with Gasteiger partial charge in [-0.05, 0) is 55.4 Å². The molecule has 2 aromatic heterocycles. The van der Waals surface area contributed by atoms with Crippen LogP contribution in [0, 0.1) is 18.8 Å². The zero-order chi connectivity index (χ0) is 24.2. The fourth-order valence-electron chi connectivity index (χ4n) is 5.68. The Balaban J connectivity index is 1.08. The summed E-state index contributed by atoms with van der Waals surface area (Å²) >= 11 is 0. The van der Waals surface area contributed by atoms with Gasteiger partial charge in [-0.15, -0.1) is 10.2 Å². The maximum absolute atomic E-state index is 8.63. The number of hydrogen-bond donors (Lipinski definition) is 1. The predicted octanol–water partition coefficient (Wildman–Crippen LogP) is 2.88. The van der Waals surface area contributed by atoms with Crippen LogP contribution in [0.3, 0.4) is 0 Å². The number of nitrogens with one attached hydrogen (secondary N) is 1. The van der Waals surface area contributed by atoms with E-state index in [1.54, 1.807) is 0 Å². The lowest BCUT2D eigenvalue weighted by Crippen LogP contribution is -2.39. The van der Waals surface area contributed by atoms with E-state index in [1.807, 2.05) is 41.0 Å². The van der Waals surface area contributed by atoms with Gasteiger partial charge in [0.15, 0.2) is 0 Å². The minimum atomic E-state index is -1.49. The molecule has 3 fully saturated rings. The smallest absolute Gasteiger partial charge is 0.148 e. The molecule has 174 valence electrons. The molecule has 3 aliphatic rings. The van der Waals surface area contributed by atoms with Crippen LogP contribution in [0.15, 0.2) is 30.5 Å². The summed E-state index contributed by atoms with van der Waals surface area (Å²) in [5.74, 6) is 1.75. The molecule has 1 aliphatic carbocycles. The molecule has 8 nitrogen and oxygen atoms in total. The Morgan fingerprint density at radius 2 is 1.97 bits per heavy atom. The Labute approximate surface area is 197 Å². The molecule has 0 bridgehead atoms. The quantitative estimate of drug-likeness (QED) is 0.640. The van der Waals surface area contributed by atoms with Gasteiger partial charge >= 0.3 is 0 Å². The molecule has 1 unspecified atom stereocenters. The monoisotopic (exact) mass is 450 g/mol. The molecule has 3 aromatic rings. The summed E-state index contributed by atoms with van der Waals surface area (Å²) in [7, 11) is 1.93. The van der Waals surface area contributed by atoms with E-state index < -0.39 is 12.6 Å². The van der Waals surface area contributed by atoms with Crippen LogP contribution < -0.4 is 5.32 Å². The minimum absolute atomic E-state index is 0.327. The summed E-state index contributed by atoms with van der Waals surface area (Å²) in [6.45, 7) is 3.47. The van der Waals surface area contributed by atoms with E-state index >= 15 is 0 Å². The fraction of sp³-hybridized carbons (Fsp3) is 0.560. The normalized spacial score (nSPS) is 29.2. The zero-order valence-electron chi connectivity index (χ0n) is 21.2. The molecule has 1 N–H and O–H groups in total. The number of aryl methyl sites for hydroxylation is 2. The van der Waals surface area contributed by atoms with Crippen LogP contribution in [0.5, 0.6) is 0 Å². The van der Waals surface area contributed by atoms with Crippen LogP contribution in [0.1, 0.15) is 21.1 Å². The highest BCUT2D eigenvalue weighted by Gasteiger charge is 2.41. The van der Waals surface area contributed by atoms with Crippen molar-refractivity contribution < 1.29 is 12.2 Å². The number of anilines is 1. The first-order chi connectivity index (χ1) is 16.9. The Hall–Kier alpha value is -2.55. The van der Waals surface area contributed by atoms with E-state index in [4.69, 9.17) is 12.2 Å². The van der Waals surface area contributed by atoms with Crippen molar-refractivity contribution in [2.75, 3.05) is 44.7 Å². The third kappa shape index (κ3) is 4.23. The zero-order valence-corrected chi connectivity index (χ0v) is 19.2. The summed E-state index contributed by atoms with van der Waals surface area (Å²) in [6.07, 6.45) is 3.55. The van der Waals surface area contributed by atoms with Gasteiger partial charge in [0.05, 0.1) is 37.1 Å². The summed E-state index contributed by atoms with van der Waals surface area (Å²) in [6, 6.07) is 8.46. The predicted molar refractivity (Wildman–Crippen MR) is 127 cm³/mol. The van der Waals surface area contributed by atoms with Crippen LogP contribution in [-0.4, -0.2) is 76.4 Å². The molecule has 33 heavy (non-hydrogen) atoms. The lowest BCUT2D eigenvalue weighted by atomic mass is 10.0. The van der Waals surface area contributed by atoms with E-state index in [9.17, 15) is 0 Å². The van der Waals surface area contributed by atoms with Crippen molar-refractivity contribution in [2.45, 2.75) is 31.9 Å². The first-order valence-electron chi connectivity index (χ1n) is 12.9. The summed E-state index contributed by atoms with van der Waals surface area (Å²) in [5, 5.41) is 18.2. The molecule has 0 spiro atoms. The molecule has 6 rings (SSSR count). The number of ether oxygens (including phenoxy) is 2. The molecule has 8 heteroatoms. The second-order valence-electron chi connectivity index (χ2n) is 9.58. The number of aromatic nitrogens is 4. The van der Waals surface area contributed by atoms with Crippen molar-refractivity contribution in [1.82, 2.24) is 24.9 Å². The Kier molecular flexibility index (Phi) is 4.94. The molecule has 1 saturated carbocycles. The standard InChI is InChI=1S/C25H32N6O2/c1-16-21(3-4-24-22(16)14-30(2)29-24)23-5-6-25(28-27-23)26-19-9-17-11-31(12-18(17)10-19)13-20-15-32-7-8-33-20/h3-6,14,17-20H,7-13,15H2,1-2H3,(H,26,28)/t17-,18+,19?,20-/m0/s1/i13D2. The lowest BCUT2D eigenvalue weighted by Gasteiger charge is -2.28. The van der Waals surface area contributed by atoms with Crippen LogP contribution in [0.2, 0.25) is 0 Å². The van der Waals surface area contributed by atoms with E-state index in [2.05, 4.69) is 33.6 Å². The number of rotatable bonds is 5. The van der Waals surface area contributed by atoms with Gasteiger partial charge in [-0.3, -0.25) is 4.68 Å². The van der Waals surface area contributed by atoms with Crippen molar-refractivity contribution in [3.63, 3.8) is 0 Å². The van der Waals surface area contributed by atoms with Crippen molar-refractivity contribution in [2.24, 2.45) is 18.9 Å². The van der Waals surface area contributed by atoms with Gasteiger partial charge in [-0.25, -0.2) is 0 Å². The first-order valence-corrected chi connectivity index (χ1v) is 11.9. The lowest BCUT2D eigenvalue weighted by molar-refractivity contribution is -0.0964. The molecule has 1 aromatic carbocycles. The van der Waals surface area contributed by atoms with Crippen LogP contribution >= 0.6 is 0 Å². The Morgan fingerprint density at radius 3 is 2.70 bits per heavy atom. The highest BCUT2D eigenvalue weighted by atomic mass is 16.6. The minimum Gasteiger partial charge on any atom is -0.376 e. The van der Waals surface area contributed by atoms with Crippen LogP contribution in [-0.2, 0) is 16.5 Å². The third-order valence-corrected chi connectivity index (χ3v) is 7.26. The topological polar surface area (TPSA) is 77.3 Å². The van der Waals surface area contributed by atoms with Gasteiger partial charge < -0.3 is 19.7 Å². The molecule has 2 saturated heterocycles. The van der Waals surface area contributed by atoms with Gasteiger partial charge in [-0.1, -0.05) is 6.07 Å². The van der Waals surface area contributed by atoms with Gasteiger partial charge in [-0.2, -0.15) is 5.10 Å². The third-order valence-electron chi connectivity index (χ3n) is 7.26. The van der Waals surface area contributed by atoms with Gasteiger partial charge in [0.25, 0.3) is 0 Å². The molecule has 4 atom stereocenters. The molecule has 0 radical (unpaired) electrons. The Morgan fingerprint density at radius 1 is 1.12 bits per heavy atom. The van der Waals surface area contributed by atoms with Crippen molar-refractivity contribution in [3.8, 4) is 11.3 Å². The number of fused-ring (bicyclic) bond motifs is 2. The first kappa shape index (κ1) is 18.8. The second-order valence-corrected chi connectivity index (χ2v) is 9.58. The summed E-state index contributed by atoms with van der Waals surface area (Å²) in [4.78, 5) is 1.97. The highest BCUT2D eigenvalue weighted by molar-refractivity contribution is 5.88. The van der Waals surface area contributed by atoms with E-state index in [1.165, 1.54) is 0 Å². The van der Waals surface area contributed by atoms with Crippen molar-refractivity contribution in [1.29, 1.82) is 0 Å². The van der Waals surface area contributed by atoms with E-state index in [0.29, 0.717) is 37.7 Å². The molecule has 0 amide bonds. The molecule has 2 aliphatic heterocycles. The van der Waals surface area contributed by atoms with Crippen molar-refractivity contribution in [3.05, 3.63) is 36.0 Å². The number of likely N-dealkylation sites (tertiary alicyclic amines) is 1. The highest BCUT2D eigenvalue weighted by Crippen LogP contribution is 2.39. The summed E-state index contributed by atoms with van der Waals surface area (Å²) < 4.78 is 30.2. The number of hydrogen-bond acceptors (Lipinski definition) is 7. The number of nitrogens with zero attached hydrogens (tertiary/aromatic N) is 5. The second kappa shape index (κ2) is 8.66. The van der Waals surface area contributed by atoms with Crippen LogP contribution in [0.4, 0.5) is 5.82 Å². The van der Waals surface area contributed by atoms with Gasteiger partial charge in [0, 0.05) is 52.6 Å².